The van der Waals surface area contributed by atoms with E-state index in [1.807, 2.05) is 24.4 Å². The van der Waals surface area contributed by atoms with Crippen LogP contribution in [0.4, 0.5) is 0 Å². The van der Waals surface area contributed by atoms with Crippen LogP contribution in [0.3, 0.4) is 0 Å². The molecule has 16 rings (SSSR count). The molecule has 0 spiro atoms. The first kappa shape index (κ1) is 56.4. The van der Waals surface area contributed by atoms with Gasteiger partial charge in [-0.2, -0.15) is 18.2 Å². The zero-order valence-corrected chi connectivity index (χ0v) is 54.2. The van der Waals surface area contributed by atoms with Gasteiger partial charge in [0.15, 0.2) is 0 Å². The number of ether oxygens (including phenoxy) is 1. The number of para-hydroxylation sites is 3. The van der Waals surface area contributed by atoms with Crippen LogP contribution in [0.2, 0.25) is 0 Å². The molecule has 0 N–H and O–H groups in total. The van der Waals surface area contributed by atoms with Crippen molar-refractivity contribution in [3.63, 3.8) is 0 Å². The Morgan fingerprint density at radius 1 is 0.483 bits per heavy atom. The standard InChI is InChI=1S/C82H68N4O2.Pt/c1-79(2,3)53-32-29-50(30-33-53)58-25-18-26-64-66-48-70-69(81(7,8)38-39-82(70,9)10)47-65(66)59-21-11-12-22-60(59)68-42-52(51-31-36-75-67(41-51)63-24-14-16-28-74(63)88-75)43-73-78(68)85(77(58)64)49-84(73)55-19-17-20-56(45-55)87-57-34-35-62-61-23-13-15-27-71(61)86(72(62)46-57)76-44-54(37-40-83-76)80(4,5)6;/h11-37,40-44,47-48H,38-39H2,1-10H3;/q-2;. The smallest absolute Gasteiger partial charge is 0.268 e. The van der Waals surface area contributed by atoms with Gasteiger partial charge in [-0.15, -0.1) is 29.7 Å². The molecule has 5 heterocycles. The van der Waals surface area contributed by atoms with Gasteiger partial charge in [0.2, 0.25) is 0 Å². The van der Waals surface area contributed by atoms with Gasteiger partial charge in [0.25, 0.3) is 6.33 Å². The first-order chi connectivity index (χ1) is 42.3. The maximum Gasteiger partial charge on any atom is 0.268 e. The van der Waals surface area contributed by atoms with E-state index in [0.29, 0.717) is 11.5 Å². The molecule has 7 heteroatoms. The van der Waals surface area contributed by atoms with Gasteiger partial charge >= 0.3 is 0 Å². The van der Waals surface area contributed by atoms with E-state index in [0.717, 1.165) is 124 Å². The molecule has 1 aliphatic heterocycles. The maximum atomic E-state index is 6.95. The average molecular weight is 1340 g/mol. The van der Waals surface area contributed by atoms with Crippen LogP contribution >= 0.6 is 0 Å². The van der Waals surface area contributed by atoms with Gasteiger partial charge in [0.1, 0.15) is 17.0 Å². The zero-order chi connectivity index (χ0) is 60.2. The summed E-state index contributed by atoms with van der Waals surface area (Å²) in [5.74, 6) is 1.96. The number of rotatable bonds is 6. The van der Waals surface area contributed by atoms with E-state index < -0.39 is 0 Å². The Balaban J connectivity index is 0.00000663. The van der Waals surface area contributed by atoms with E-state index in [-0.39, 0.29) is 42.7 Å². The Kier molecular flexibility index (Phi) is 13.0. The van der Waals surface area contributed by atoms with Crippen molar-refractivity contribution in [3.05, 3.63) is 247 Å². The third-order valence-corrected chi connectivity index (χ3v) is 19.2. The molecule has 2 aliphatic rings. The van der Waals surface area contributed by atoms with Crippen LogP contribution in [0.25, 0.3) is 128 Å². The van der Waals surface area contributed by atoms with Crippen LogP contribution in [0, 0.1) is 18.5 Å². The molecule has 0 atom stereocenters. The normalized spacial score (nSPS) is 14.2. The van der Waals surface area contributed by atoms with Crippen LogP contribution in [-0.2, 0) is 42.7 Å². The van der Waals surface area contributed by atoms with Crippen molar-refractivity contribution >= 4 is 54.8 Å². The molecule has 0 unspecified atom stereocenters. The maximum absolute atomic E-state index is 6.95. The Morgan fingerprint density at radius 2 is 1.11 bits per heavy atom. The van der Waals surface area contributed by atoms with Gasteiger partial charge in [-0.05, 0) is 172 Å². The molecule has 440 valence electrons. The summed E-state index contributed by atoms with van der Waals surface area (Å²) in [4.78, 5) is 4.95. The van der Waals surface area contributed by atoms with Gasteiger partial charge < -0.3 is 18.3 Å². The summed E-state index contributed by atoms with van der Waals surface area (Å²) in [6, 6.07) is 80.7. The van der Waals surface area contributed by atoms with Crippen LogP contribution in [0.1, 0.15) is 104 Å². The Hall–Kier alpha value is -9.09. The van der Waals surface area contributed by atoms with Crippen LogP contribution in [-0.4, -0.2) is 14.1 Å². The second-order valence-corrected chi connectivity index (χ2v) is 27.8. The van der Waals surface area contributed by atoms with E-state index in [2.05, 4.69) is 283 Å². The molecule has 0 saturated carbocycles. The third kappa shape index (κ3) is 9.23. The molecule has 0 radical (unpaired) electrons. The fourth-order valence-electron chi connectivity index (χ4n) is 14.2. The number of fused-ring (bicyclic) bond motifs is 14. The van der Waals surface area contributed by atoms with Crippen molar-refractivity contribution in [3.8, 4) is 84.3 Å². The van der Waals surface area contributed by atoms with Gasteiger partial charge in [0.05, 0.1) is 16.7 Å². The minimum Gasteiger partial charge on any atom is -0.510 e. The van der Waals surface area contributed by atoms with Gasteiger partial charge in [0, 0.05) is 55.1 Å². The number of nitrogens with zero attached hydrogens (tertiary/aromatic N) is 4. The molecule has 0 amide bonds. The van der Waals surface area contributed by atoms with Crippen molar-refractivity contribution in [2.75, 3.05) is 0 Å². The van der Waals surface area contributed by atoms with E-state index in [4.69, 9.17) is 14.1 Å². The number of aromatic nitrogens is 4. The largest absolute Gasteiger partial charge is 0.510 e. The van der Waals surface area contributed by atoms with Gasteiger partial charge in [-0.3, -0.25) is 4.57 Å². The minimum absolute atomic E-state index is 0. The van der Waals surface area contributed by atoms with Crippen LogP contribution < -0.4 is 9.30 Å². The second kappa shape index (κ2) is 20.5. The van der Waals surface area contributed by atoms with Crippen molar-refractivity contribution in [2.45, 2.75) is 104 Å². The third-order valence-electron chi connectivity index (χ3n) is 19.2. The molecular formula is C82H68N4O2Pt-2. The number of hydrogen-bond acceptors (Lipinski definition) is 3. The molecule has 10 aromatic carbocycles. The summed E-state index contributed by atoms with van der Waals surface area (Å²) in [6.07, 6.45) is 8.25. The fourth-order valence-corrected chi connectivity index (χ4v) is 14.2. The first-order valence-electron chi connectivity index (χ1n) is 31.0. The average Bonchev–Trinajstić information content (AvgIpc) is 1.69. The Labute approximate surface area is 535 Å². The van der Waals surface area contributed by atoms with E-state index >= 15 is 0 Å². The number of pyridine rings is 1. The molecular weight excluding hydrogens is 1270 g/mol. The molecule has 6 nitrogen and oxygen atoms in total. The van der Waals surface area contributed by atoms with Gasteiger partial charge in [-0.1, -0.05) is 196 Å². The summed E-state index contributed by atoms with van der Waals surface area (Å²) < 4.78 is 20.2. The molecule has 1 aliphatic carbocycles. The van der Waals surface area contributed by atoms with Crippen LogP contribution in [0.5, 0.6) is 11.5 Å². The Bertz CT molecular complexity index is 5210. The van der Waals surface area contributed by atoms with Crippen molar-refractivity contribution in [1.82, 2.24) is 14.1 Å². The minimum atomic E-state index is -0.0614. The molecule has 89 heavy (non-hydrogen) atoms. The topological polar surface area (TPSA) is 49.0 Å². The van der Waals surface area contributed by atoms with Crippen molar-refractivity contribution in [1.29, 1.82) is 0 Å². The van der Waals surface area contributed by atoms with Crippen LogP contribution in [0.15, 0.2) is 211 Å². The zero-order valence-electron chi connectivity index (χ0n) is 52.0. The SMILES string of the molecule is CC(C)(C)c1ccc(-c2cccc3c2-[n+]2[c-]n(-c4[c-]c(Oc5[c-]c6c(cc5)c5ccccc5n6-c5cc(C(C)(C)C)ccn5)ccc4)c4cc(-c5ccc6oc7ccccc7c6c5)cc(c42)-c2ccccc2-c2cc4c(cc2-3)C(C)(C)CCC4(C)C)cc1.[Pt]. The Morgan fingerprint density at radius 3 is 1.87 bits per heavy atom. The number of furan rings is 1. The predicted molar refractivity (Wildman–Crippen MR) is 361 cm³/mol. The summed E-state index contributed by atoms with van der Waals surface area (Å²) >= 11 is 0. The number of hydrogen-bond donors (Lipinski definition) is 0. The molecule has 0 saturated heterocycles. The number of imidazole rings is 1. The van der Waals surface area contributed by atoms with Gasteiger partial charge in [-0.25, -0.2) is 4.98 Å². The summed E-state index contributed by atoms with van der Waals surface area (Å²) in [6.45, 7) is 23.3. The van der Waals surface area contributed by atoms with E-state index in [9.17, 15) is 0 Å². The monoisotopic (exact) mass is 1340 g/mol. The predicted octanol–water partition coefficient (Wildman–Crippen LogP) is 21.1. The quantitative estimate of drug-likeness (QED) is 0.123. The van der Waals surface area contributed by atoms with E-state index in [1.54, 1.807) is 0 Å². The fraction of sp³-hybridized carbons (Fsp3) is 0.195. The first-order valence-corrected chi connectivity index (χ1v) is 31.0. The summed E-state index contributed by atoms with van der Waals surface area (Å²) in [7, 11) is 0. The molecule has 14 aromatic rings. The second-order valence-electron chi connectivity index (χ2n) is 27.8. The van der Waals surface area contributed by atoms with E-state index in [1.165, 1.54) is 38.9 Å². The molecule has 4 aromatic heterocycles. The molecule has 0 fully saturated rings. The summed E-state index contributed by atoms with van der Waals surface area (Å²) in [5.41, 5.74) is 24.1. The summed E-state index contributed by atoms with van der Waals surface area (Å²) in [5, 5.41) is 4.37. The van der Waals surface area contributed by atoms with Crippen molar-refractivity contribution < 1.29 is 34.8 Å². The number of benzene rings is 10. The van der Waals surface area contributed by atoms with Crippen molar-refractivity contribution in [2.24, 2.45) is 0 Å². The molecule has 0 bridgehead atoms.